The Hall–Kier alpha value is -2.25. The molecule has 2 aliphatic rings. The van der Waals surface area contributed by atoms with Crippen LogP contribution in [0.1, 0.15) is 50.4 Å². The van der Waals surface area contributed by atoms with Crippen LogP contribution in [0.15, 0.2) is 24.5 Å². The molecule has 7 nitrogen and oxygen atoms in total. The number of carbonyl (C=O) groups is 1. The third kappa shape index (κ3) is 4.01. The molecule has 1 aliphatic heterocycles. The van der Waals surface area contributed by atoms with Crippen LogP contribution in [-0.4, -0.2) is 28.5 Å². The van der Waals surface area contributed by atoms with Crippen molar-refractivity contribution in [2.45, 2.75) is 46.1 Å². The summed E-state index contributed by atoms with van der Waals surface area (Å²) in [6.07, 6.45) is 4.88. The first-order chi connectivity index (χ1) is 14.1. The minimum atomic E-state index is -0.414. The Bertz CT molecular complexity index is 997. The molecule has 1 amide bonds. The summed E-state index contributed by atoms with van der Waals surface area (Å²) < 4.78 is 0. The Balaban J connectivity index is 1.52. The number of aromatic nitrogens is 2. The molecule has 4 N–H and O–H groups in total. The molecular weight excluding hydrogens is 423 g/mol. The molecule has 1 aromatic carbocycles. The van der Waals surface area contributed by atoms with Crippen LogP contribution < -0.4 is 21.5 Å². The van der Waals surface area contributed by atoms with E-state index in [1.807, 2.05) is 0 Å². The van der Waals surface area contributed by atoms with Crippen LogP contribution in [0.5, 0.6) is 0 Å². The summed E-state index contributed by atoms with van der Waals surface area (Å²) in [7, 11) is 0. The van der Waals surface area contributed by atoms with Gasteiger partial charge < -0.3 is 10.6 Å². The molecule has 2 aromatic rings. The third-order valence-corrected chi connectivity index (χ3v) is 6.57. The van der Waals surface area contributed by atoms with Gasteiger partial charge in [0.1, 0.15) is 12.0 Å². The first-order valence-electron chi connectivity index (χ1n) is 9.95. The molecule has 1 aliphatic carbocycles. The van der Waals surface area contributed by atoms with Gasteiger partial charge in [-0.15, -0.1) is 0 Å². The molecule has 0 radical (unpaired) electrons. The summed E-state index contributed by atoms with van der Waals surface area (Å²) in [5, 5.41) is 0.722. The fourth-order valence-corrected chi connectivity index (χ4v) is 5.77. The van der Waals surface area contributed by atoms with Gasteiger partial charge in [0.2, 0.25) is 0 Å². The average Bonchev–Trinajstić information content (AvgIpc) is 2.89. The van der Waals surface area contributed by atoms with E-state index in [0.717, 1.165) is 19.4 Å². The number of hydrazine groups is 1. The lowest BCUT2D eigenvalue weighted by atomic mass is 9.65. The average molecular weight is 449 g/mol. The largest absolute Gasteiger partial charge is 0.393 e. The predicted octanol–water partition coefficient (Wildman–Crippen LogP) is 4.53. The van der Waals surface area contributed by atoms with Gasteiger partial charge >= 0.3 is 0 Å². The van der Waals surface area contributed by atoms with E-state index in [4.69, 9.17) is 28.9 Å². The number of halogens is 2. The van der Waals surface area contributed by atoms with Crippen LogP contribution in [0, 0.1) is 10.8 Å². The van der Waals surface area contributed by atoms with E-state index in [2.05, 4.69) is 46.5 Å². The molecule has 2 bridgehead atoms. The lowest BCUT2D eigenvalue weighted by molar-refractivity contribution is 0.0962. The summed E-state index contributed by atoms with van der Waals surface area (Å²) in [6, 6.07) is 5.07. The van der Waals surface area contributed by atoms with Crippen molar-refractivity contribution in [2.75, 3.05) is 22.6 Å². The number of nitrogens with one attached hydrogen (secondary N) is 2. The molecule has 2 atom stereocenters. The van der Waals surface area contributed by atoms with Crippen LogP contribution >= 0.6 is 23.2 Å². The van der Waals surface area contributed by atoms with Gasteiger partial charge in [-0.05, 0) is 48.3 Å². The van der Waals surface area contributed by atoms with Gasteiger partial charge in [0.25, 0.3) is 5.91 Å². The number of benzene rings is 1. The molecule has 1 aromatic heterocycles. The van der Waals surface area contributed by atoms with Gasteiger partial charge in [0.05, 0.1) is 10.6 Å². The quantitative estimate of drug-likeness (QED) is 0.594. The fourth-order valence-electron chi connectivity index (χ4n) is 5.28. The van der Waals surface area contributed by atoms with Crippen LogP contribution in [0.3, 0.4) is 0 Å². The summed E-state index contributed by atoms with van der Waals surface area (Å²) in [6.45, 7) is 7.91. The zero-order chi connectivity index (χ0) is 21.7. The number of carbonyl (C=O) groups excluding carboxylic acids is 1. The Morgan fingerprint density at radius 1 is 1.23 bits per heavy atom. The van der Waals surface area contributed by atoms with Crippen molar-refractivity contribution >= 4 is 46.4 Å². The number of fused-ring (bicyclic) bond motifs is 2. The van der Waals surface area contributed by atoms with Crippen LogP contribution in [0.2, 0.25) is 10.0 Å². The Morgan fingerprint density at radius 2 is 2.00 bits per heavy atom. The molecule has 2 unspecified atom stereocenters. The van der Waals surface area contributed by atoms with Gasteiger partial charge in [-0.1, -0.05) is 44.0 Å². The molecule has 2 heterocycles. The van der Waals surface area contributed by atoms with Crippen molar-refractivity contribution in [1.29, 1.82) is 0 Å². The molecule has 160 valence electrons. The van der Waals surface area contributed by atoms with Crippen molar-refractivity contribution in [1.82, 2.24) is 15.4 Å². The van der Waals surface area contributed by atoms with E-state index < -0.39 is 5.91 Å². The van der Waals surface area contributed by atoms with Crippen LogP contribution in [-0.2, 0) is 0 Å². The van der Waals surface area contributed by atoms with Crippen molar-refractivity contribution in [3.63, 3.8) is 0 Å². The van der Waals surface area contributed by atoms with Gasteiger partial charge in [0.15, 0.2) is 11.6 Å². The number of hydrogen-bond acceptors (Lipinski definition) is 6. The van der Waals surface area contributed by atoms with Crippen molar-refractivity contribution in [2.24, 2.45) is 10.8 Å². The molecule has 0 spiro atoms. The number of anilines is 3. The summed E-state index contributed by atoms with van der Waals surface area (Å²) in [4.78, 5) is 23.4. The maximum atomic E-state index is 12.5. The Morgan fingerprint density at radius 3 is 2.73 bits per heavy atom. The SMILES string of the molecule is CC1(C)CC2CC(C)(CN2c2ncnc(NNC(=O)c3ccc(Cl)cc3Cl)c2N)C1. The molecule has 4 rings (SSSR count). The minimum absolute atomic E-state index is 0.247. The third-order valence-electron chi connectivity index (χ3n) is 6.02. The minimum Gasteiger partial charge on any atom is -0.393 e. The normalized spacial score (nSPS) is 24.6. The Kier molecular flexibility index (Phi) is 5.22. The van der Waals surface area contributed by atoms with E-state index in [-0.39, 0.29) is 10.4 Å². The number of amides is 1. The number of nitrogen functional groups attached to an aromatic ring is 1. The molecule has 30 heavy (non-hydrogen) atoms. The summed E-state index contributed by atoms with van der Waals surface area (Å²) in [5.41, 5.74) is 13.1. The maximum Gasteiger partial charge on any atom is 0.271 e. The molecule has 1 saturated carbocycles. The van der Waals surface area contributed by atoms with Crippen molar-refractivity contribution in [3.05, 3.63) is 40.1 Å². The highest BCUT2D eigenvalue weighted by atomic mass is 35.5. The first-order valence-corrected chi connectivity index (χ1v) is 10.7. The second-order valence-electron chi connectivity index (χ2n) is 9.50. The van der Waals surface area contributed by atoms with Crippen LogP contribution in [0.4, 0.5) is 17.3 Å². The van der Waals surface area contributed by atoms with Gasteiger partial charge in [-0.3, -0.25) is 15.6 Å². The zero-order valence-corrected chi connectivity index (χ0v) is 18.8. The van der Waals surface area contributed by atoms with E-state index in [1.54, 1.807) is 12.1 Å². The van der Waals surface area contributed by atoms with Crippen molar-refractivity contribution in [3.8, 4) is 0 Å². The lowest BCUT2D eigenvalue weighted by Crippen LogP contribution is -2.35. The number of rotatable bonds is 4. The molecular formula is C21H26Cl2N6O. The lowest BCUT2D eigenvalue weighted by Gasteiger charge is -2.39. The fraction of sp³-hybridized carbons (Fsp3) is 0.476. The monoisotopic (exact) mass is 448 g/mol. The molecule has 9 heteroatoms. The van der Waals surface area contributed by atoms with Gasteiger partial charge in [-0.2, -0.15) is 0 Å². The molecule has 1 saturated heterocycles. The highest BCUT2D eigenvalue weighted by Gasteiger charge is 2.50. The summed E-state index contributed by atoms with van der Waals surface area (Å²) >= 11 is 12.0. The van der Waals surface area contributed by atoms with E-state index in [9.17, 15) is 4.79 Å². The highest BCUT2D eigenvalue weighted by molar-refractivity contribution is 6.36. The number of nitrogens with zero attached hydrogens (tertiary/aromatic N) is 3. The van der Waals surface area contributed by atoms with E-state index in [1.165, 1.54) is 18.8 Å². The van der Waals surface area contributed by atoms with Gasteiger partial charge in [0, 0.05) is 17.6 Å². The Labute approximate surface area is 186 Å². The van der Waals surface area contributed by atoms with Gasteiger partial charge in [-0.25, -0.2) is 9.97 Å². The van der Waals surface area contributed by atoms with E-state index >= 15 is 0 Å². The van der Waals surface area contributed by atoms with Crippen molar-refractivity contribution < 1.29 is 4.79 Å². The molecule has 2 fully saturated rings. The zero-order valence-electron chi connectivity index (χ0n) is 17.3. The second-order valence-corrected chi connectivity index (χ2v) is 10.3. The second kappa shape index (κ2) is 7.46. The topological polar surface area (TPSA) is 96.2 Å². The highest BCUT2D eigenvalue weighted by Crippen LogP contribution is 2.53. The van der Waals surface area contributed by atoms with E-state index in [0.29, 0.717) is 39.4 Å². The maximum absolute atomic E-state index is 12.5. The predicted molar refractivity (Wildman–Crippen MR) is 121 cm³/mol. The van der Waals surface area contributed by atoms with Crippen LogP contribution in [0.25, 0.3) is 0 Å². The number of nitrogens with two attached hydrogens (primary N) is 1. The summed E-state index contributed by atoms with van der Waals surface area (Å²) in [5.74, 6) is 0.643. The number of hydrogen-bond donors (Lipinski definition) is 3. The first kappa shape index (κ1) is 21.0. The smallest absolute Gasteiger partial charge is 0.271 e. The standard InChI is InChI=1S/C21H26Cl2N6O/c1-20(2)7-13-8-21(3,9-20)10-29(13)18-16(24)17(25-11-26-18)27-28-19(30)14-5-4-12(22)6-15(14)23/h4-6,11,13H,7-10,24H2,1-3H3,(H,28,30)(H,25,26,27).